The number of rotatable bonds is 11. The van der Waals surface area contributed by atoms with E-state index in [0.717, 1.165) is 11.1 Å². The fourth-order valence-corrected chi connectivity index (χ4v) is 3.10. The van der Waals surface area contributed by atoms with E-state index in [9.17, 15) is 14.7 Å². The molecule has 1 N–H and O–H groups in total. The van der Waals surface area contributed by atoms with Crippen LogP contribution >= 0.6 is 0 Å². The van der Waals surface area contributed by atoms with Crippen molar-refractivity contribution in [3.8, 4) is 0 Å². The van der Waals surface area contributed by atoms with E-state index in [1.54, 1.807) is 0 Å². The fourth-order valence-electron chi connectivity index (χ4n) is 3.10. The number of esters is 2. The third-order valence-electron chi connectivity index (χ3n) is 4.89. The Labute approximate surface area is 207 Å². The molecule has 2 aromatic carbocycles. The van der Waals surface area contributed by atoms with E-state index in [0.29, 0.717) is 0 Å². The average Bonchev–Trinajstić information content (AvgIpc) is 2.82. The van der Waals surface area contributed by atoms with Crippen LogP contribution in [0.4, 0.5) is 0 Å². The van der Waals surface area contributed by atoms with Crippen molar-refractivity contribution in [2.45, 2.75) is 53.4 Å². The van der Waals surface area contributed by atoms with Gasteiger partial charge in [-0.2, -0.15) is 0 Å². The van der Waals surface area contributed by atoms with Gasteiger partial charge in [0.05, 0.1) is 17.9 Å². The first kappa shape index (κ1) is 27.8. The van der Waals surface area contributed by atoms with Crippen molar-refractivity contribution in [1.82, 2.24) is 0 Å². The number of carbonyl (C=O) groups excluding carboxylic acids is 2. The molecular weight excluding hydrogens is 446 g/mol. The van der Waals surface area contributed by atoms with Crippen LogP contribution < -0.4 is 0 Å². The molecule has 0 saturated heterocycles. The maximum Gasteiger partial charge on any atom is 0.343 e. The summed E-state index contributed by atoms with van der Waals surface area (Å²) < 4.78 is 16.6. The smallest absolute Gasteiger partial charge is 0.343 e. The summed E-state index contributed by atoms with van der Waals surface area (Å²) in [4.78, 5) is 29.7. The maximum atomic E-state index is 13.0. The number of hydrogen-bond acceptors (Lipinski definition) is 7. The molecule has 0 amide bonds. The molecule has 0 radical (unpaired) electrons. The number of nitrogens with zero attached hydrogens (tertiary/aromatic N) is 1. The van der Waals surface area contributed by atoms with Gasteiger partial charge in [-0.25, -0.2) is 4.79 Å². The van der Waals surface area contributed by atoms with Crippen molar-refractivity contribution in [3.05, 3.63) is 83.1 Å². The molecule has 1 atom stereocenters. The average molecular weight is 482 g/mol. The summed E-state index contributed by atoms with van der Waals surface area (Å²) in [5, 5.41) is 10.4. The Bertz CT molecular complexity index is 1020. The number of aliphatic imine (C=N–C) groups is 1. The zero-order valence-electron chi connectivity index (χ0n) is 21.1. The van der Waals surface area contributed by atoms with E-state index in [1.165, 1.54) is 6.92 Å². The van der Waals surface area contributed by atoms with Crippen molar-refractivity contribution in [2.24, 2.45) is 10.9 Å². The van der Waals surface area contributed by atoms with Crippen LogP contribution in [0.5, 0.6) is 0 Å². The Morgan fingerprint density at radius 1 is 0.914 bits per heavy atom. The third kappa shape index (κ3) is 10.1. The summed E-state index contributed by atoms with van der Waals surface area (Å²) in [5.74, 6) is -1.93. The second-order valence-electron chi connectivity index (χ2n) is 9.19. The molecule has 188 valence electrons. The van der Waals surface area contributed by atoms with E-state index in [-0.39, 0.29) is 43.4 Å². The van der Waals surface area contributed by atoms with Gasteiger partial charge in [0.2, 0.25) is 0 Å². The highest BCUT2D eigenvalue weighted by Gasteiger charge is 2.27. The van der Waals surface area contributed by atoms with Gasteiger partial charge in [-0.15, -0.1) is 0 Å². The lowest BCUT2D eigenvalue weighted by molar-refractivity contribution is -0.143. The quantitative estimate of drug-likeness (QED) is 0.205. The summed E-state index contributed by atoms with van der Waals surface area (Å²) in [6.45, 7) is 9.02. The molecule has 0 aliphatic carbocycles. The Morgan fingerprint density at radius 3 is 1.91 bits per heavy atom. The molecule has 2 aromatic rings. The molecule has 2 rings (SSSR count). The molecule has 0 bridgehead atoms. The van der Waals surface area contributed by atoms with Gasteiger partial charge in [0.15, 0.2) is 0 Å². The van der Waals surface area contributed by atoms with Crippen LogP contribution in [-0.2, 0) is 37.0 Å². The summed E-state index contributed by atoms with van der Waals surface area (Å²) >= 11 is 0. The highest BCUT2D eigenvalue weighted by Crippen LogP contribution is 2.19. The standard InChI is InChI=1S/C28H35NO6/c1-20(17-35-28(3,4)5)26(29-16-24(31)33-18-22-12-8-6-9-13-22)25(21(2)30)27(32)34-19-23-14-10-7-11-15-23/h6-15,20,30H,16-19H2,1-5H3/b25-21-,29-26?. The molecular formula is C28H35NO6. The maximum absolute atomic E-state index is 13.0. The van der Waals surface area contributed by atoms with Crippen LogP contribution in [0, 0.1) is 5.92 Å². The van der Waals surface area contributed by atoms with Crippen molar-refractivity contribution in [1.29, 1.82) is 0 Å². The molecule has 0 aromatic heterocycles. The molecule has 0 fully saturated rings. The number of ether oxygens (including phenoxy) is 3. The van der Waals surface area contributed by atoms with Gasteiger partial charge >= 0.3 is 11.9 Å². The summed E-state index contributed by atoms with van der Waals surface area (Å²) in [5.41, 5.74) is 1.39. The fraction of sp³-hybridized carbons (Fsp3) is 0.393. The van der Waals surface area contributed by atoms with Crippen molar-refractivity contribution in [2.75, 3.05) is 13.2 Å². The first-order valence-electron chi connectivity index (χ1n) is 11.6. The highest BCUT2D eigenvalue weighted by atomic mass is 16.5. The second kappa shape index (κ2) is 13.4. The van der Waals surface area contributed by atoms with E-state index in [4.69, 9.17) is 14.2 Å². The largest absolute Gasteiger partial charge is 0.512 e. The van der Waals surface area contributed by atoms with E-state index < -0.39 is 23.5 Å². The first-order chi connectivity index (χ1) is 16.6. The topological polar surface area (TPSA) is 94.4 Å². The van der Waals surface area contributed by atoms with Crippen molar-refractivity contribution >= 4 is 17.7 Å². The van der Waals surface area contributed by atoms with Gasteiger partial charge in [0, 0.05) is 5.92 Å². The third-order valence-corrected chi connectivity index (χ3v) is 4.89. The van der Waals surface area contributed by atoms with Crippen LogP contribution in [0.1, 0.15) is 45.7 Å². The van der Waals surface area contributed by atoms with Gasteiger partial charge < -0.3 is 19.3 Å². The monoisotopic (exact) mass is 481 g/mol. The molecule has 35 heavy (non-hydrogen) atoms. The van der Waals surface area contributed by atoms with Gasteiger partial charge in [0.25, 0.3) is 0 Å². The van der Waals surface area contributed by atoms with E-state index in [2.05, 4.69) is 4.99 Å². The molecule has 7 heteroatoms. The normalized spacial score (nSPS) is 13.6. The summed E-state index contributed by atoms with van der Waals surface area (Å²) in [6, 6.07) is 18.5. The first-order valence-corrected chi connectivity index (χ1v) is 11.6. The molecule has 0 saturated carbocycles. The lowest BCUT2D eigenvalue weighted by Gasteiger charge is -2.24. The number of carbonyl (C=O) groups is 2. The lowest BCUT2D eigenvalue weighted by atomic mass is 9.97. The zero-order valence-corrected chi connectivity index (χ0v) is 21.1. The van der Waals surface area contributed by atoms with Crippen LogP contribution in [0.3, 0.4) is 0 Å². The molecule has 0 heterocycles. The predicted octanol–water partition coefficient (Wildman–Crippen LogP) is 5.20. The Morgan fingerprint density at radius 2 is 1.43 bits per heavy atom. The molecule has 0 spiro atoms. The number of allylic oxidation sites excluding steroid dienone is 1. The van der Waals surface area contributed by atoms with Crippen molar-refractivity contribution in [3.63, 3.8) is 0 Å². The van der Waals surface area contributed by atoms with Gasteiger partial charge in [-0.3, -0.25) is 9.79 Å². The van der Waals surface area contributed by atoms with Crippen LogP contribution in [0.25, 0.3) is 0 Å². The van der Waals surface area contributed by atoms with E-state index >= 15 is 0 Å². The van der Waals surface area contributed by atoms with E-state index in [1.807, 2.05) is 88.4 Å². The Kier molecular flexibility index (Phi) is 10.7. The highest BCUT2D eigenvalue weighted by molar-refractivity contribution is 6.21. The lowest BCUT2D eigenvalue weighted by Crippen LogP contribution is -2.30. The SMILES string of the molecule is C/C(O)=C(/C(=O)OCc1ccccc1)C(=NCC(=O)OCc1ccccc1)C(C)COC(C)(C)C. The van der Waals surface area contributed by atoms with Gasteiger partial charge in [0.1, 0.15) is 31.1 Å². The number of aliphatic hydroxyl groups is 1. The Balaban J connectivity index is 2.19. The second-order valence-corrected chi connectivity index (χ2v) is 9.19. The Hall–Kier alpha value is -3.45. The minimum absolute atomic E-state index is 0.0374. The minimum atomic E-state index is -0.729. The number of benzene rings is 2. The number of aliphatic hydroxyl groups excluding tert-OH is 1. The van der Waals surface area contributed by atoms with Gasteiger partial charge in [-0.05, 0) is 38.8 Å². The number of hydrogen-bond donors (Lipinski definition) is 1. The van der Waals surface area contributed by atoms with Crippen LogP contribution in [0.2, 0.25) is 0 Å². The van der Waals surface area contributed by atoms with Gasteiger partial charge in [-0.1, -0.05) is 67.6 Å². The van der Waals surface area contributed by atoms with Crippen molar-refractivity contribution < 1.29 is 28.9 Å². The predicted molar refractivity (Wildman–Crippen MR) is 135 cm³/mol. The molecule has 0 aliphatic rings. The molecule has 7 nitrogen and oxygen atoms in total. The van der Waals surface area contributed by atoms with Crippen LogP contribution in [-0.4, -0.2) is 41.5 Å². The molecule has 0 aliphatic heterocycles. The minimum Gasteiger partial charge on any atom is -0.512 e. The summed E-state index contributed by atoms with van der Waals surface area (Å²) in [6.07, 6.45) is 0. The summed E-state index contributed by atoms with van der Waals surface area (Å²) in [7, 11) is 0. The van der Waals surface area contributed by atoms with Crippen LogP contribution in [0.15, 0.2) is 77.0 Å². The molecule has 1 unspecified atom stereocenters. The zero-order chi connectivity index (χ0) is 25.8.